The fourth-order valence-electron chi connectivity index (χ4n) is 6.03. The minimum atomic E-state index is -1.76. The number of fused-ring (bicyclic) bond motifs is 5. The number of carbonyl (C=O) groups is 3. The topological polar surface area (TPSA) is 136 Å². The quantitative estimate of drug-likeness (QED) is 0.355. The van der Waals surface area contributed by atoms with E-state index in [0.29, 0.717) is 24.3 Å². The molecule has 0 radical (unpaired) electrons. The molecular weight excluding hydrogens is 592 g/mol. The number of halogens is 1. The van der Waals surface area contributed by atoms with E-state index in [-0.39, 0.29) is 30.2 Å². The van der Waals surface area contributed by atoms with Crippen molar-refractivity contribution < 1.29 is 43.2 Å². The van der Waals surface area contributed by atoms with Gasteiger partial charge >= 0.3 is 12.1 Å². The molecule has 11 nitrogen and oxygen atoms in total. The molecule has 44 heavy (non-hydrogen) atoms. The maximum atomic E-state index is 13.8. The normalized spacial score (nSPS) is 34.5. The minimum absolute atomic E-state index is 0.00742. The van der Waals surface area contributed by atoms with Crippen molar-refractivity contribution in [2.24, 2.45) is 5.92 Å². The lowest BCUT2D eigenvalue weighted by Gasteiger charge is -2.42. The zero-order valence-electron chi connectivity index (χ0n) is 26.3. The molecule has 0 spiro atoms. The number of ether oxygens (including phenoxy) is 5. The molecule has 12 heteroatoms. The number of hydrogen-bond acceptors (Lipinski definition) is 9. The van der Waals surface area contributed by atoms with Crippen molar-refractivity contribution in [1.82, 2.24) is 5.32 Å². The maximum Gasteiger partial charge on any atom is 0.409 e. The van der Waals surface area contributed by atoms with E-state index in [2.05, 4.69) is 5.32 Å². The second-order valence-electron chi connectivity index (χ2n) is 12.0. The average Bonchev–Trinajstić information content (AvgIpc) is 3.66. The minimum Gasteiger partial charge on any atom is -0.495 e. The average molecular weight is 635 g/mol. The summed E-state index contributed by atoms with van der Waals surface area (Å²) in [6.07, 6.45) is 2.47. The smallest absolute Gasteiger partial charge is 0.409 e. The zero-order valence-corrected chi connectivity index (χ0v) is 27.1. The number of hydrogen-bond donors (Lipinski definition) is 2. The molecular formula is C32H43ClN2O9. The van der Waals surface area contributed by atoms with Gasteiger partial charge in [0.25, 0.3) is 0 Å². The van der Waals surface area contributed by atoms with E-state index < -0.39 is 53.7 Å². The third kappa shape index (κ3) is 7.06. The van der Waals surface area contributed by atoms with Gasteiger partial charge in [0.1, 0.15) is 34.7 Å². The first-order valence-electron chi connectivity index (χ1n) is 14.8. The molecule has 3 heterocycles. The number of carbonyl (C=O) groups excluding carboxylic acids is 3. The molecule has 1 unspecified atom stereocenters. The van der Waals surface area contributed by atoms with Crippen molar-refractivity contribution in [2.75, 3.05) is 26.2 Å². The van der Waals surface area contributed by atoms with Crippen LogP contribution >= 0.6 is 11.6 Å². The van der Waals surface area contributed by atoms with Gasteiger partial charge in [-0.05, 0) is 44.4 Å². The fourth-order valence-corrected chi connectivity index (χ4v) is 6.34. The Hall–Kier alpha value is -3.12. The highest BCUT2D eigenvalue weighted by molar-refractivity contribution is 6.35. The van der Waals surface area contributed by atoms with Crippen LogP contribution in [0.1, 0.15) is 58.9 Å². The van der Waals surface area contributed by atoms with E-state index in [9.17, 15) is 19.5 Å². The molecule has 7 atom stereocenters. The number of alkyl carbamates (subject to hydrolysis) is 1. The van der Waals surface area contributed by atoms with Crippen LogP contribution < -0.4 is 15.0 Å². The molecule has 0 saturated carbocycles. The van der Waals surface area contributed by atoms with Gasteiger partial charge in [-0.1, -0.05) is 49.2 Å². The first-order chi connectivity index (χ1) is 20.8. The van der Waals surface area contributed by atoms with Crippen molar-refractivity contribution in [3.8, 4) is 5.75 Å². The number of rotatable bonds is 5. The van der Waals surface area contributed by atoms with E-state index in [1.165, 1.54) is 19.1 Å². The predicted molar refractivity (Wildman–Crippen MR) is 164 cm³/mol. The summed E-state index contributed by atoms with van der Waals surface area (Å²) in [5.41, 5.74) is -0.561. The van der Waals surface area contributed by atoms with Crippen LogP contribution in [0.15, 0.2) is 35.9 Å². The first kappa shape index (κ1) is 33.8. The molecule has 2 fully saturated rings. The van der Waals surface area contributed by atoms with Crippen molar-refractivity contribution in [2.45, 2.75) is 95.5 Å². The van der Waals surface area contributed by atoms with Gasteiger partial charge in [-0.3, -0.25) is 14.9 Å². The summed E-state index contributed by atoms with van der Waals surface area (Å²) in [5, 5.41) is 14.4. The van der Waals surface area contributed by atoms with Gasteiger partial charge in [0, 0.05) is 32.9 Å². The van der Waals surface area contributed by atoms with Gasteiger partial charge in [-0.25, -0.2) is 4.79 Å². The number of esters is 1. The number of methoxy groups -OCH3 is 2. The molecule has 242 valence electrons. The van der Waals surface area contributed by atoms with Gasteiger partial charge in [-0.2, -0.15) is 0 Å². The Bertz CT molecular complexity index is 1330. The van der Waals surface area contributed by atoms with Crippen molar-refractivity contribution in [3.05, 3.63) is 46.5 Å². The molecule has 3 aliphatic rings. The summed E-state index contributed by atoms with van der Waals surface area (Å²) >= 11 is 6.68. The second-order valence-corrected chi connectivity index (χ2v) is 12.4. The number of anilines is 1. The summed E-state index contributed by atoms with van der Waals surface area (Å²) in [7, 11) is 4.57. The largest absolute Gasteiger partial charge is 0.495 e. The third-order valence-electron chi connectivity index (χ3n) is 8.68. The monoisotopic (exact) mass is 634 g/mol. The highest BCUT2D eigenvalue weighted by atomic mass is 35.5. The molecule has 3 aliphatic heterocycles. The van der Waals surface area contributed by atoms with Crippen LogP contribution in [-0.2, 0) is 35.0 Å². The SMILES string of the molecule is CCCC(=O)O[C@H]1CC(=O)N(C)c2cc(cc(OC)c2Cl)C/C(C)=C/C=C/[C@@H](OC)[C@@]2(O)C[C@H](OC(=O)N2)[C@@H](C)C2O[C@]21C. The Balaban J connectivity index is 1.79. The molecule has 1 aromatic rings. The molecule has 4 rings (SSSR count). The lowest BCUT2D eigenvalue weighted by molar-refractivity contribution is -0.153. The summed E-state index contributed by atoms with van der Waals surface area (Å²) in [4.78, 5) is 40.6. The Morgan fingerprint density at radius 2 is 2.00 bits per heavy atom. The lowest BCUT2D eigenvalue weighted by Crippen LogP contribution is -2.63. The van der Waals surface area contributed by atoms with Gasteiger partial charge in [0.2, 0.25) is 5.91 Å². The summed E-state index contributed by atoms with van der Waals surface area (Å²) < 4.78 is 28.8. The Morgan fingerprint density at radius 3 is 2.66 bits per heavy atom. The molecule has 2 saturated heterocycles. The highest BCUT2D eigenvalue weighted by Gasteiger charge is 2.64. The number of epoxide rings is 1. The number of allylic oxidation sites excluding steroid dienone is 3. The van der Waals surface area contributed by atoms with Crippen LogP contribution in [0.25, 0.3) is 0 Å². The van der Waals surface area contributed by atoms with E-state index in [1.807, 2.05) is 39.0 Å². The van der Waals surface area contributed by atoms with Crippen LogP contribution in [0.3, 0.4) is 0 Å². The van der Waals surface area contributed by atoms with Gasteiger partial charge < -0.3 is 33.7 Å². The van der Waals surface area contributed by atoms with Crippen molar-refractivity contribution in [1.29, 1.82) is 0 Å². The van der Waals surface area contributed by atoms with Crippen LogP contribution in [-0.4, -0.2) is 80.1 Å². The fraction of sp³-hybridized carbons (Fsp3) is 0.594. The Kier molecular flexibility index (Phi) is 10.3. The molecule has 1 aromatic carbocycles. The second kappa shape index (κ2) is 13.5. The van der Waals surface area contributed by atoms with Crippen molar-refractivity contribution in [3.63, 3.8) is 0 Å². The predicted octanol–water partition coefficient (Wildman–Crippen LogP) is 4.47. The zero-order chi connectivity index (χ0) is 32.4. The Labute approximate surface area is 263 Å². The third-order valence-corrected chi connectivity index (χ3v) is 9.06. The molecule has 0 aliphatic carbocycles. The molecule has 4 bridgehead atoms. The number of benzene rings is 1. The van der Waals surface area contributed by atoms with Crippen LogP contribution in [0.2, 0.25) is 5.02 Å². The Morgan fingerprint density at radius 1 is 1.27 bits per heavy atom. The molecule has 2 N–H and O–H groups in total. The van der Waals surface area contributed by atoms with E-state index in [4.69, 9.17) is 35.3 Å². The van der Waals surface area contributed by atoms with Gasteiger partial charge in [0.15, 0.2) is 5.72 Å². The van der Waals surface area contributed by atoms with E-state index in [1.54, 1.807) is 26.1 Å². The summed E-state index contributed by atoms with van der Waals surface area (Å²) in [6.45, 7) is 7.41. The van der Waals surface area contributed by atoms with Gasteiger partial charge in [-0.15, -0.1) is 0 Å². The van der Waals surface area contributed by atoms with E-state index in [0.717, 1.165) is 11.1 Å². The first-order valence-corrected chi connectivity index (χ1v) is 15.2. The highest BCUT2D eigenvalue weighted by Crippen LogP contribution is 2.49. The standard InChI is InChI=1S/C32H43ClN2O9/c1-8-10-27(37)43-25-16-26(36)35(5)21-14-20(15-22(40-6)28(21)33)13-18(2)11-9-12-24(41-7)32(39)17-23(42-30(38)34-32)19(3)29-31(25,4)44-29/h9,11-12,14-15,19,23-25,29,39H,8,10,13,16-17H2,1-7H3,(H,34,38)/b12-9+,18-11+/t19-,23+,24-,25+,29?,31+,32+/m1/s1. The van der Waals surface area contributed by atoms with Crippen LogP contribution in [0.5, 0.6) is 5.75 Å². The van der Waals surface area contributed by atoms with Crippen molar-refractivity contribution >= 4 is 35.3 Å². The van der Waals surface area contributed by atoms with E-state index >= 15 is 0 Å². The molecule has 0 aromatic heterocycles. The number of nitrogens with one attached hydrogen (secondary N) is 1. The van der Waals surface area contributed by atoms with Gasteiger partial charge in [0.05, 0.1) is 25.3 Å². The summed E-state index contributed by atoms with van der Waals surface area (Å²) in [5.74, 6) is -0.813. The number of nitrogens with zero attached hydrogens (tertiary/aromatic N) is 1. The lowest BCUT2D eigenvalue weighted by atomic mass is 9.83. The number of aliphatic hydroxyl groups is 1. The van der Waals surface area contributed by atoms with Crippen LogP contribution in [0.4, 0.5) is 10.5 Å². The summed E-state index contributed by atoms with van der Waals surface area (Å²) in [6, 6.07) is 3.64. The maximum absolute atomic E-state index is 13.8. The number of amides is 2. The van der Waals surface area contributed by atoms with Crippen LogP contribution in [0, 0.1) is 5.92 Å². The molecule has 2 amide bonds.